The van der Waals surface area contributed by atoms with Crippen molar-refractivity contribution in [3.63, 3.8) is 0 Å². The van der Waals surface area contributed by atoms with E-state index >= 15 is 0 Å². The van der Waals surface area contributed by atoms with E-state index in [1.807, 2.05) is 18.2 Å². The zero-order valence-corrected chi connectivity index (χ0v) is 9.70. The molecule has 0 saturated carbocycles. The first-order valence-electron chi connectivity index (χ1n) is 5.43. The molecule has 2 atom stereocenters. The highest BCUT2D eigenvalue weighted by Gasteiger charge is 2.09. The van der Waals surface area contributed by atoms with Crippen LogP contribution in [0.15, 0.2) is 24.3 Å². The van der Waals surface area contributed by atoms with Gasteiger partial charge >= 0.3 is 0 Å². The van der Waals surface area contributed by atoms with Crippen LogP contribution in [0.1, 0.15) is 37.4 Å². The molecule has 2 heteroatoms. The van der Waals surface area contributed by atoms with Crippen molar-refractivity contribution in [3.8, 4) is 18.4 Å². The third kappa shape index (κ3) is 3.12. The van der Waals surface area contributed by atoms with Gasteiger partial charge in [0.05, 0.1) is 17.7 Å². The van der Waals surface area contributed by atoms with Gasteiger partial charge in [0.15, 0.2) is 0 Å². The van der Waals surface area contributed by atoms with Crippen LogP contribution >= 0.6 is 0 Å². The van der Waals surface area contributed by atoms with Crippen LogP contribution in [0.25, 0.3) is 0 Å². The molecule has 0 amide bonds. The number of nitriles is 1. The summed E-state index contributed by atoms with van der Waals surface area (Å²) < 4.78 is 0. The van der Waals surface area contributed by atoms with Gasteiger partial charge in [0.1, 0.15) is 0 Å². The number of rotatable bonds is 4. The van der Waals surface area contributed by atoms with Crippen LogP contribution in [0, 0.1) is 23.7 Å². The topological polar surface area (TPSA) is 35.8 Å². The van der Waals surface area contributed by atoms with Crippen LogP contribution in [0.5, 0.6) is 0 Å². The molecule has 0 bridgehead atoms. The predicted molar refractivity (Wildman–Crippen MR) is 65.6 cm³/mol. The summed E-state index contributed by atoms with van der Waals surface area (Å²) in [5, 5.41) is 12.2. The molecule has 0 saturated heterocycles. The van der Waals surface area contributed by atoms with Crippen molar-refractivity contribution >= 4 is 0 Å². The monoisotopic (exact) mass is 212 g/mol. The van der Waals surface area contributed by atoms with Gasteiger partial charge in [-0.3, -0.25) is 5.32 Å². The number of nitrogens with zero attached hydrogens (tertiary/aromatic N) is 1. The van der Waals surface area contributed by atoms with E-state index < -0.39 is 0 Å². The molecule has 1 aromatic rings. The van der Waals surface area contributed by atoms with E-state index in [0.717, 1.165) is 12.0 Å². The summed E-state index contributed by atoms with van der Waals surface area (Å²) in [6, 6.07) is 9.96. The van der Waals surface area contributed by atoms with Crippen LogP contribution in [0.2, 0.25) is 0 Å². The minimum absolute atomic E-state index is 0.0840. The molecule has 16 heavy (non-hydrogen) atoms. The number of benzene rings is 1. The number of hydrogen-bond donors (Lipinski definition) is 1. The minimum Gasteiger partial charge on any atom is -0.297 e. The Hall–Kier alpha value is -1.77. The van der Waals surface area contributed by atoms with Crippen LogP contribution < -0.4 is 5.32 Å². The van der Waals surface area contributed by atoms with Crippen molar-refractivity contribution in [2.75, 3.05) is 0 Å². The number of hydrogen-bond acceptors (Lipinski definition) is 2. The molecular formula is C14H16N2. The highest BCUT2D eigenvalue weighted by atomic mass is 14.9. The summed E-state index contributed by atoms with van der Waals surface area (Å²) >= 11 is 0. The fourth-order valence-corrected chi connectivity index (χ4v) is 1.56. The Bertz CT molecular complexity index is 423. The van der Waals surface area contributed by atoms with E-state index in [0.29, 0.717) is 5.56 Å². The van der Waals surface area contributed by atoms with Gasteiger partial charge in [0, 0.05) is 6.04 Å². The largest absolute Gasteiger partial charge is 0.297 e. The molecule has 0 aromatic heterocycles. The number of nitrogens with one attached hydrogen (secondary N) is 1. The van der Waals surface area contributed by atoms with Crippen LogP contribution in [0.3, 0.4) is 0 Å². The van der Waals surface area contributed by atoms with E-state index in [-0.39, 0.29) is 12.1 Å². The Morgan fingerprint density at radius 2 is 2.25 bits per heavy atom. The normalized spacial score (nSPS) is 13.5. The minimum atomic E-state index is 0.0840. The molecule has 0 aliphatic carbocycles. The van der Waals surface area contributed by atoms with Crippen molar-refractivity contribution in [2.24, 2.45) is 0 Å². The third-order valence-electron chi connectivity index (χ3n) is 2.58. The van der Waals surface area contributed by atoms with E-state index in [4.69, 9.17) is 11.7 Å². The molecular weight excluding hydrogens is 196 g/mol. The lowest BCUT2D eigenvalue weighted by Gasteiger charge is -2.18. The number of terminal acetylenes is 1. The Morgan fingerprint density at radius 3 is 2.81 bits per heavy atom. The van der Waals surface area contributed by atoms with E-state index in [1.165, 1.54) is 0 Å². The SMILES string of the molecule is C#CC(CC)NC(C)c1cccc(C#N)c1. The summed E-state index contributed by atoms with van der Waals surface area (Å²) in [5.74, 6) is 2.70. The van der Waals surface area contributed by atoms with Crippen LogP contribution in [-0.4, -0.2) is 6.04 Å². The second-order valence-electron chi connectivity index (χ2n) is 3.75. The maximum Gasteiger partial charge on any atom is 0.0991 e. The van der Waals surface area contributed by atoms with Gasteiger partial charge in [0.25, 0.3) is 0 Å². The Balaban J connectivity index is 2.77. The molecule has 82 valence electrons. The van der Waals surface area contributed by atoms with E-state index in [1.54, 1.807) is 6.07 Å². The molecule has 1 aromatic carbocycles. The summed E-state index contributed by atoms with van der Waals surface area (Å²) in [6.07, 6.45) is 6.30. The van der Waals surface area contributed by atoms with Gasteiger partial charge in [-0.2, -0.15) is 5.26 Å². The van der Waals surface area contributed by atoms with Gasteiger partial charge in [-0.1, -0.05) is 25.0 Å². The average Bonchev–Trinajstić information content (AvgIpc) is 2.35. The lowest BCUT2D eigenvalue weighted by molar-refractivity contribution is 0.512. The zero-order valence-electron chi connectivity index (χ0n) is 9.70. The molecule has 0 fully saturated rings. The zero-order chi connectivity index (χ0) is 12.0. The van der Waals surface area contributed by atoms with E-state index in [2.05, 4.69) is 31.2 Å². The maximum absolute atomic E-state index is 8.82. The average molecular weight is 212 g/mol. The molecule has 2 nitrogen and oxygen atoms in total. The van der Waals surface area contributed by atoms with Gasteiger partial charge in [0.2, 0.25) is 0 Å². The standard InChI is InChI=1S/C14H16N2/c1-4-14(5-2)16-11(3)13-8-6-7-12(9-13)10-15/h1,6-9,11,14,16H,5H2,2-3H3. The van der Waals surface area contributed by atoms with Crippen molar-refractivity contribution < 1.29 is 0 Å². The van der Waals surface area contributed by atoms with Crippen molar-refractivity contribution in [1.82, 2.24) is 5.32 Å². The smallest absolute Gasteiger partial charge is 0.0991 e. The van der Waals surface area contributed by atoms with E-state index in [9.17, 15) is 0 Å². The Labute approximate surface area is 97.3 Å². The summed E-state index contributed by atoms with van der Waals surface area (Å²) in [6.45, 7) is 4.10. The Kier molecular flexibility index (Phi) is 4.58. The van der Waals surface area contributed by atoms with Crippen molar-refractivity contribution in [3.05, 3.63) is 35.4 Å². The molecule has 0 aliphatic rings. The summed E-state index contributed by atoms with van der Waals surface area (Å²) in [4.78, 5) is 0. The second kappa shape index (κ2) is 5.95. The molecule has 0 spiro atoms. The lowest BCUT2D eigenvalue weighted by atomic mass is 10.0. The molecule has 2 unspecified atom stereocenters. The molecule has 1 rings (SSSR count). The van der Waals surface area contributed by atoms with Gasteiger partial charge in [-0.05, 0) is 31.0 Å². The second-order valence-corrected chi connectivity index (χ2v) is 3.75. The first kappa shape index (κ1) is 12.3. The van der Waals surface area contributed by atoms with Gasteiger partial charge in [-0.25, -0.2) is 0 Å². The first-order chi connectivity index (χ1) is 7.71. The third-order valence-corrected chi connectivity index (χ3v) is 2.58. The highest BCUT2D eigenvalue weighted by Crippen LogP contribution is 2.14. The van der Waals surface area contributed by atoms with Crippen molar-refractivity contribution in [2.45, 2.75) is 32.4 Å². The first-order valence-corrected chi connectivity index (χ1v) is 5.43. The predicted octanol–water partition coefficient (Wildman–Crippen LogP) is 2.62. The van der Waals surface area contributed by atoms with Gasteiger partial charge in [-0.15, -0.1) is 6.42 Å². The van der Waals surface area contributed by atoms with Crippen LogP contribution in [0.4, 0.5) is 0 Å². The molecule has 0 aliphatic heterocycles. The lowest BCUT2D eigenvalue weighted by Crippen LogP contribution is -2.29. The maximum atomic E-state index is 8.82. The molecule has 1 N–H and O–H groups in total. The molecule has 0 radical (unpaired) electrons. The van der Waals surface area contributed by atoms with Crippen molar-refractivity contribution in [1.29, 1.82) is 5.26 Å². The molecule has 0 heterocycles. The summed E-state index contributed by atoms with van der Waals surface area (Å²) in [7, 11) is 0. The quantitative estimate of drug-likeness (QED) is 0.779. The summed E-state index contributed by atoms with van der Waals surface area (Å²) in [5.41, 5.74) is 1.77. The fourth-order valence-electron chi connectivity index (χ4n) is 1.56. The highest BCUT2D eigenvalue weighted by molar-refractivity contribution is 5.34. The fraction of sp³-hybridized carbons (Fsp3) is 0.357. The Morgan fingerprint density at radius 1 is 1.50 bits per heavy atom. The van der Waals surface area contributed by atoms with Crippen LogP contribution in [-0.2, 0) is 0 Å². The van der Waals surface area contributed by atoms with Gasteiger partial charge < -0.3 is 0 Å².